The van der Waals surface area contributed by atoms with Gasteiger partial charge in [0.05, 0.1) is 11.0 Å². The number of nitrogens with two attached hydrogens (primary N) is 1. The zero-order valence-electron chi connectivity index (χ0n) is 6.61. The number of anilines is 1. The van der Waals surface area contributed by atoms with Crippen molar-refractivity contribution in [2.24, 2.45) is 7.05 Å². The minimum atomic E-state index is -0.0411. The average Bonchev–Trinajstić information content (AvgIpc) is 2.28. The Morgan fingerprint density at radius 1 is 1.50 bits per heavy atom. The molecule has 0 aliphatic heterocycles. The Morgan fingerprint density at radius 3 is 3.00 bits per heavy atom. The first-order valence-electron chi connectivity index (χ1n) is 3.57. The van der Waals surface area contributed by atoms with Crippen LogP contribution in [0.2, 0.25) is 0 Å². The largest absolute Gasteiger partial charge is 0.369 e. The molecule has 4 nitrogen and oxygen atoms in total. The van der Waals surface area contributed by atoms with E-state index in [-0.39, 0.29) is 5.75 Å². The first-order valence-corrected chi connectivity index (χ1v) is 3.57. The molecule has 0 atom stereocenters. The van der Waals surface area contributed by atoms with Crippen LogP contribution in [0.3, 0.4) is 0 Å². The molecule has 2 N–H and O–H groups in total. The van der Waals surface area contributed by atoms with Crippen molar-refractivity contribution in [1.82, 2.24) is 9.55 Å². The summed E-state index contributed by atoms with van der Waals surface area (Å²) in [6, 6.07) is 4.70. The van der Waals surface area contributed by atoms with E-state index < -0.39 is 0 Å². The van der Waals surface area contributed by atoms with E-state index >= 15 is 0 Å². The highest BCUT2D eigenvalue weighted by atomic mass is 16.3. The molecule has 1 aromatic carbocycles. The first kappa shape index (κ1) is 6.97. The van der Waals surface area contributed by atoms with Crippen molar-refractivity contribution in [3.05, 3.63) is 18.2 Å². The van der Waals surface area contributed by atoms with Gasteiger partial charge in [0, 0.05) is 13.1 Å². The second kappa shape index (κ2) is 2.14. The van der Waals surface area contributed by atoms with Gasteiger partial charge in [0.25, 0.3) is 0 Å². The molecule has 4 heteroatoms. The summed E-state index contributed by atoms with van der Waals surface area (Å²) in [7, 11) is 1.81. The summed E-state index contributed by atoms with van der Waals surface area (Å²) >= 11 is 0. The number of hydrogen-bond acceptors (Lipinski definition) is 2. The van der Waals surface area contributed by atoms with Crippen LogP contribution in [0.4, 0.5) is 5.95 Å². The van der Waals surface area contributed by atoms with E-state index in [1.165, 1.54) is 12.1 Å². The van der Waals surface area contributed by atoms with E-state index in [1.807, 2.05) is 7.05 Å². The molecular weight excluding hydrogens is 154 g/mol. The lowest BCUT2D eigenvalue weighted by Gasteiger charge is -1.94. The van der Waals surface area contributed by atoms with Crippen molar-refractivity contribution < 1.29 is 5.11 Å². The van der Waals surface area contributed by atoms with Crippen LogP contribution in [0.15, 0.2) is 18.2 Å². The zero-order valence-corrected chi connectivity index (χ0v) is 6.61. The maximum Gasteiger partial charge on any atom is 0.200 e. The van der Waals surface area contributed by atoms with Gasteiger partial charge in [0.1, 0.15) is 0 Å². The molecule has 0 bridgehead atoms. The first-order chi connectivity index (χ1) is 5.68. The number of hydrogen-bond donors (Lipinski definition) is 1. The van der Waals surface area contributed by atoms with Crippen LogP contribution in [0.25, 0.3) is 11.0 Å². The zero-order chi connectivity index (χ0) is 8.72. The van der Waals surface area contributed by atoms with Crippen molar-refractivity contribution in [3.63, 3.8) is 0 Å². The standard InChI is InChI=1S/C8H8N3O/c1-11-7-3-2-5(12)4-6(7)10-8(11)9/h2-4H,1H3,(H2,9,10). The molecule has 0 unspecified atom stereocenters. The van der Waals surface area contributed by atoms with Crippen LogP contribution >= 0.6 is 0 Å². The van der Waals surface area contributed by atoms with Crippen LogP contribution in [0.1, 0.15) is 0 Å². The Hall–Kier alpha value is -1.71. The summed E-state index contributed by atoms with van der Waals surface area (Å²) in [6.07, 6.45) is 0. The molecule has 1 radical (unpaired) electrons. The SMILES string of the molecule is Cn1c(N)nc2cc([O])ccc21. The maximum absolute atomic E-state index is 10.9. The Balaban J connectivity index is 2.87. The predicted molar refractivity (Wildman–Crippen MR) is 45.3 cm³/mol. The van der Waals surface area contributed by atoms with Gasteiger partial charge in [0.15, 0.2) is 5.75 Å². The summed E-state index contributed by atoms with van der Waals surface area (Å²) in [6.45, 7) is 0. The third-order valence-corrected chi connectivity index (χ3v) is 1.89. The average molecular weight is 162 g/mol. The van der Waals surface area contributed by atoms with Gasteiger partial charge in [-0.25, -0.2) is 4.98 Å². The fourth-order valence-corrected chi connectivity index (χ4v) is 1.20. The smallest absolute Gasteiger partial charge is 0.200 e. The molecule has 0 aliphatic rings. The number of benzene rings is 1. The lowest BCUT2D eigenvalue weighted by Crippen LogP contribution is -1.95. The number of aryl methyl sites for hydroxylation is 1. The number of imidazole rings is 1. The Bertz CT molecular complexity index is 433. The van der Waals surface area contributed by atoms with E-state index in [0.717, 1.165) is 5.52 Å². The summed E-state index contributed by atoms with van der Waals surface area (Å²) in [5.41, 5.74) is 7.09. The van der Waals surface area contributed by atoms with Gasteiger partial charge in [-0.1, -0.05) is 0 Å². The van der Waals surface area contributed by atoms with Crippen molar-refractivity contribution >= 4 is 17.0 Å². The van der Waals surface area contributed by atoms with Crippen LogP contribution in [-0.2, 0) is 12.2 Å². The monoisotopic (exact) mass is 162 g/mol. The van der Waals surface area contributed by atoms with Crippen molar-refractivity contribution in [1.29, 1.82) is 0 Å². The number of fused-ring (bicyclic) bond motifs is 1. The molecule has 0 aliphatic carbocycles. The number of rotatable bonds is 0. The quantitative estimate of drug-likeness (QED) is 0.634. The predicted octanol–water partition coefficient (Wildman–Crippen LogP) is 1.30. The Kier molecular flexibility index (Phi) is 1.24. The summed E-state index contributed by atoms with van der Waals surface area (Å²) < 4.78 is 1.74. The molecule has 0 saturated carbocycles. The Morgan fingerprint density at radius 2 is 2.25 bits per heavy atom. The van der Waals surface area contributed by atoms with Crippen LogP contribution in [0, 0.1) is 0 Å². The van der Waals surface area contributed by atoms with Gasteiger partial charge < -0.3 is 10.3 Å². The summed E-state index contributed by atoms with van der Waals surface area (Å²) in [5, 5.41) is 10.9. The van der Waals surface area contributed by atoms with E-state index in [2.05, 4.69) is 4.98 Å². The highest BCUT2D eigenvalue weighted by molar-refractivity contribution is 5.79. The van der Waals surface area contributed by atoms with Gasteiger partial charge in [-0.05, 0) is 12.1 Å². The topological polar surface area (TPSA) is 63.7 Å². The van der Waals surface area contributed by atoms with Crippen molar-refractivity contribution in [2.45, 2.75) is 0 Å². The molecule has 0 fully saturated rings. The maximum atomic E-state index is 10.9. The van der Waals surface area contributed by atoms with Gasteiger partial charge in [0.2, 0.25) is 5.95 Å². The van der Waals surface area contributed by atoms with Crippen LogP contribution in [-0.4, -0.2) is 9.55 Å². The number of nitrogen functional groups attached to an aromatic ring is 1. The number of aromatic nitrogens is 2. The van der Waals surface area contributed by atoms with Crippen molar-refractivity contribution in [2.75, 3.05) is 5.73 Å². The minimum absolute atomic E-state index is 0.0411. The molecule has 2 aromatic rings. The molecule has 0 amide bonds. The van der Waals surface area contributed by atoms with Crippen molar-refractivity contribution in [3.8, 4) is 5.75 Å². The third kappa shape index (κ3) is 0.812. The van der Waals surface area contributed by atoms with E-state index in [0.29, 0.717) is 11.5 Å². The Labute approximate surface area is 69.3 Å². The molecule has 61 valence electrons. The lowest BCUT2D eigenvalue weighted by molar-refractivity contribution is 0.355. The molecule has 1 aromatic heterocycles. The fourth-order valence-electron chi connectivity index (χ4n) is 1.20. The number of nitrogens with zero attached hydrogens (tertiary/aromatic N) is 2. The highest BCUT2D eigenvalue weighted by Crippen LogP contribution is 2.20. The summed E-state index contributed by atoms with van der Waals surface area (Å²) in [5.74, 6) is 0.385. The summed E-state index contributed by atoms with van der Waals surface area (Å²) in [4.78, 5) is 4.01. The molecule has 2 rings (SSSR count). The van der Waals surface area contributed by atoms with E-state index in [1.54, 1.807) is 10.6 Å². The molecule has 0 spiro atoms. The van der Waals surface area contributed by atoms with Crippen LogP contribution < -0.4 is 5.73 Å². The normalized spacial score (nSPS) is 10.8. The van der Waals surface area contributed by atoms with Gasteiger partial charge >= 0.3 is 0 Å². The third-order valence-electron chi connectivity index (χ3n) is 1.89. The van der Waals surface area contributed by atoms with Crippen LogP contribution in [0.5, 0.6) is 5.75 Å². The van der Waals surface area contributed by atoms with E-state index in [9.17, 15) is 5.11 Å². The second-order valence-electron chi connectivity index (χ2n) is 2.68. The minimum Gasteiger partial charge on any atom is -0.369 e. The molecule has 12 heavy (non-hydrogen) atoms. The van der Waals surface area contributed by atoms with Gasteiger partial charge in [-0.15, -0.1) is 0 Å². The molecular formula is C8H8N3O. The fraction of sp³-hybridized carbons (Fsp3) is 0.125. The lowest BCUT2D eigenvalue weighted by atomic mass is 10.3. The highest BCUT2D eigenvalue weighted by Gasteiger charge is 2.04. The van der Waals surface area contributed by atoms with E-state index in [4.69, 9.17) is 5.73 Å². The van der Waals surface area contributed by atoms with Gasteiger partial charge in [-0.3, -0.25) is 5.11 Å². The second-order valence-corrected chi connectivity index (χ2v) is 2.68. The van der Waals surface area contributed by atoms with Gasteiger partial charge in [-0.2, -0.15) is 0 Å². The molecule has 1 heterocycles. The molecule has 0 saturated heterocycles.